The van der Waals surface area contributed by atoms with Crippen LogP contribution in [0.15, 0.2) is 30.9 Å². The van der Waals surface area contributed by atoms with Crippen molar-refractivity contribution in [2.24, 2.45) is 0 Å². The Morgan fingerprint density at radius 2 is 2.10 bits per heavy atom. The summed E-state index contributed by atoms with van der Waals surface area (Å²) in [5, 5.41) is 3.59. The predicted molar refractivity (Wildman–Crippen MR) is 83.6 cm³/mol. The molecule has 108 valence electrons. The number of amides is 2. The Morgan fingerprint density at radius 3 is 2.75 bits per heavy atom. The third kappa shape index (κ3) is 3.25. The van der Waals surface area contributed by atoms with Gasteiger partial charge in [-0.05, 0) is 24.6 Å². The summed E-state index contributed by atoms with van der Waals surface area (Å²) in [6, 6.07) is 5.93. The van der Waals surface area contributed by atoms with Gasteiger partial charge in [-0.25, -0.2) is 4.79 Å². The van der Waals surface area contributed by atoms with Crippen LogP contribution >= 0.6 is 11.6 Å². The van der Waals surface area contributed by atoms with Crippen LogP contribution in [0, 0.1) is 6.92 Å². The van der Waals surface area contributed by atoms with E-state index in [2.05, 4.69) is 22.9 Å². The Bertz CT molecular complexity index is 496. The average Bonchev–Trinajstić information content (AvgIpc) is 2.48. The average molecular weight is 294 g/mol. The van der Waals surface area contributed by atoms with Crippen LogP contribution in [0.2, 0.25) is 5.02 Å². The topological polar surface area (TPSA) is 35.6 Å². The van der Waals surface area contributed by atoms with Crippen LogP contribution in [0.25, 0.3) is 0 Å². The normalized spacial score (nSPS) is 15.1. The van der Waals surface area contributed by atoms with E-state index in [-0.39, 0.29) is 6.03 Å². The number of carbonyl (C=O) groups is 1. The van der Waals surface area contributed by atoms with Crippen molar-refractivity contribution in [2.75, 3.05) is 37.6 Å². The van der Waals surface area contributed by atoms with E-state index in [0.717, 1.165) is 42.5 Å². The summed E-state index contributed by atoms with van der Waals surface area (Å²) in [6.07, 6.45) is 1.68. The molecule has 2 rings (SSSR count). The second-order valence-corrected chi connectivity index (χ2v) is 5.24. The molecular formula is C15H20ClN3O. The Labute approximate surface area is 125 Å². The lowest BCUT2D eigenvalue weighted by molar-refractivity contribution is 0.195. The largest absolute Gasteiger partial charge is 0.368 e. The van der Waals surface area contributed by atoms with Gasteiger partial charge in [0.25, 0.3) is 0 Å². The van der Waals surface area contributed by atoms with Gasteiger partial charge in [0.2, 0.25) is 0 Å². The third-order valence-corrected chi connectivity index (χ3v) is 3.95. The molecule has 1 N–H and O–H groups in total. The van der Waals surface area contributed by atoms with Gasteiger partial charge in [0, 0.05) is 43.4 Å². The second-order valence-electron chi connectivity index (χ2n) is 4.83. The fourth-order valence-electron chi connectivity index (χ4n) is 2.36. The highest BCUT2D eigenvalue weighted by atomic mass is 35.5. The van der Waals surface area contributed by atoms with Crippen LogP contribution in [0.3, 0.4) is 0 Å². The monoisotopic (exact) mass is 293 g/mol. The zero-order chi connectivity index (χ0) is 14.5. The van der Waals surface area contributed by atoms with E-state index in [1.54, 1.807) is 6.08 Å². The molecule has 1 fully saturated rings. The first-order valence-electron chi connectivity index (χ1n) is 6.77. The lowest BCUT2D eigenvalue weighted by Crippen LogP contribution is -2.52. The summed E-state index contributed by atoms with van der Waals surface area (Å²) < 4.78 is 0. The van der Waals surface area contributed by atoms with Crippen LogP contribution in [0.4, 0.5) is 10.5 Å². The zero-order valence-corrected chi connectivity index (χ0v) is 12.5. The summed E-state index contributed by atoms with van der Waals surface area (Å²) in [5.74, 6) is 0. The van der Waals surface area contributed by atoms with E-state index in [0.29, 0.717) is 6.54 Å². The van der Waals surface area contributed by atoms with Crippen molar-refractivity contribution in [1.29, 1.82) is 0 Å². The molecule has 5 heteroatoms. The molecule has 0 saturated carbocycles. The summed E-state index contributed by atoms with van der Waals surface area (Å²) in [5.41, 5.74) is 2.25. The van der Waals surface area contributed by atoms with Gasteiger partial charge in [0.15, 0.2) is 0 Å². The van der Waals surface area contributed by atoms with Crippen molar-refractivity contribution >= 4 is 23.3 Å². The minimum absolute atomic E-state index is 0.0210. The predicted octanol–water partition coefficient (Wildman–Crippen LogP) is 2.67. The van der Waals surface area contributed by atoms with Gasteiger partial charge in [-0.3, -0.25) is 0 Å². The molecule has 20 heavy (non-hydrogen) atoms. The molecule has 0 bridgehead atoms. The van der Waals surface area contributed by atoms with Gasteiger partial charge in [-0.15, -0.1) is 6.58 Å². The van der Waals surface area contributed by atoms with Crippen LogP contribution in [0.1, 0.15) is 5.56 Å². The minimum atomic E-state index is -0.0210. The van der Waals surface area contributed by atoms with Crippen LogP contribution < -0.4 is 10.2 Å². The third-order valence-electron chi connectivity index (χ3n) is 3.54. The number of hydrogen-bond donors (Lipinski definition) is 1. The van der Waals surface area contributed by atoms with E-state index in [4.69, 9.17) is 11.6 Å². The lowest BCUT2D eigenvalue weighted by Gasteiger charge is -2.36. The Kier molecular flexibility index (Phi) is 4.90. The van der Waals surface area contributed by atoms with E-state index in [1.807, 2.05) is 24.0 Å². The van der Waals surface area contributed by atoms with E-state index < -0.39 is 0 Å². The summed E-state index contributed by atoms with van der Waals surface area (Å²) in [4.78, 5) is 16.0. The molecule has 0 unspecified atom stereocenters. The molecule has 1 aliphatic heterocycles. The van der Waals surface area contributed by atoms with E-state index in [1.165, 1.54) is 0 Å². The molecule has 1 aromatic rings. The molecule has 2 amide bonds. The maximum Gasteiger partial charge on any atom is 0.317 e. The molecule has 1 saturated heterocycles. The van der Waals surface area contributed by atoms with Gasteiger partial charge >= 0.3 is 6.03 Å². The van der Waals surface area contributed by atoms with Crippen molar-refractivity contribution < 1.29 is 4.79 Å². The molecule has 1 heterocycles. The van der Waals surface area contributed by atoms with Crippen molar-refractivity contribution in [3.05, 3.63) is 41.4 Å². The molecule has 1 aromatic carbocycles. The van der Waals surface area contributed by atoms with Crippen LogP contribution in [-0.4, -0.2) is 43.7 Å². The minimum Gasteiger partial charge on any atom is -0.368 e. The number of carbonyl (C=O) groups excluding carboxylic acids is 1. The van der Waals surface area contributed by atoms with E-state index in [9.17, 15) is 4.79 Å². The number of hydrogen-bond acceptors (Lipinski definition) is 2. The standard InChI is InChI=1S/C15H20ClN3O/c1-3-7-17-15(20)19-10-8-18(9-11-19)14-6-4-5-13(16)12(14)2/h3-6H,1,7-11H2,2H3,(H,17,20). The number of anilines is 1. The first-order chi connectivity index (χ1) is 9.63. The number of nitrogens with one attached hydrogen (secondary N) is 1. The number of urea groups is 1. The van der Waals surface area contributed by atoms with Gasteiger partial charge in [-0.1, -0.05) is 23.7 Å². The van der Waals surface area contributed by atoms with Crippen molar-refractivity contribution in [3.63, 3.8) is 0 Å². The van der Waals surface area contributed by atoms with Crippen LogP contribution in [-0.2, 0) is 0 Å². The number of nitrogens with zero attached hydrogens (tertiary/aromatic N) is 2. The second kappa shape index (κ2) is 6.66. The highest BCUT2D eigenvalue weighted by molar-refractivity contribution is 6.31. The maximum atomic E-state index is 11.8. The Hall–Kier alpha value is -1.68. The molecule has 0 aliphatic carbocycles. The molecule has 4 nitrogen and oxygen atoms in total. The molecular weight excluding hydrogens is 274 g/mol. The molecule has 0 atom stereocenters. The lowest BCUT2D eigenvalue weighted by atomic mass is 10.1. The van der Waals surface area contributed by atoms with Gasteiger partial charge < -0.3 is 15.1 Å². The first kappa shape index (κ1) is 14.7. The fraction of sp³-hybridized carbons (Fsp3) is 0.400. The Balaban J connectivity index is 1.96. The van der Waals surface area contributed by atoms with Gasteiger partial charge in [0.1, 0.15) is 0 Å². The zero-order valence-electron chi connectivity index (χ0n) is 11.7. The number of piperazine rings is 1. The van der Waals surface area contributed by atoms with Crippen molar-refractivity contribution in [1.82, 2.24) is 10.2 Å². The highest BCUT2D eigenvalue weighted by Gasteiger charge is 2.21. The molecule has 0 aromatic heterocycles. The maximum absolute atomic E-state index is 11.8. The number of benzene rings is 1. The SMILES string of the molecule is C=CCNC(=O)N1CCN(c2cccc(Cl)c2C)CC1. The molecule has 1 aliphatic rings. The quantitative estimate of drug-likeness (QED) is 0.870. The number of rotatable bonds is 3. The van der Waals surface area contributed by atoms with Crippen molar-refractivity contribution in [3.8, 4) is 0 Å². The van der Waals surface area contributed by atoms with Gasteiger partial charge in [-0.2, -0.15) is 0 Å². The van der Waals surface area contributed by atoms with Gasteiger partial charge in [0.05, 0.1) is 0 Å². The Morgan fingerprint density at radius 1 is 1.40 bits per heavy atom. The summed E-state index contributed by atoms with van der Waals surface area (Å²) in [6.45, 7) is 9.21. The summed E-state index contributed by atoms with van der Waals surface area (Å²) >= 11 is 6.16. The van der Waals surface area contributed by atoms with Crippen LogP contribution in [0.5, 0.6) is 0 Å². The summed E-state index contributed by atoms with van der Waals surface area (Å²) in [7, 11) is 0. The van der Waals surface area contributed by atoms with Crippen molar-refractivity contribution in [2.45, 2.75) is 6.92 Å². The molecule has 0 spiro atoms. The van der Waals surface area contributed by atoms with E-state index >= 15 is 0 Å². The molecule has 0 radical (unpaired) electrons. The highest BCUT2D eigenvalue weighted by Crippen LogP contribution is 2.27. The first-order valence-corrected chi connectivity index (χ1v) is 7.15. The number of halogens is 1. The smallest absolute Gasteiger partial charge is 0.317 e. The fourth-order valence-corrected chi connectivity index (χ4v) is 2.53.